The number of aryl methyl sites for hydroxylation is 1. The van der Waals surface area contributed by atoms with Gasteiger partial charge in [-0.15, -0.1) is 0 Å². The number of halogens is 7. The molecule has 1 aliphatic rings. The lowest BCUT2D eigenvalue weighted by atomic mass is 10.1. The van der Waals surface area contributed by atoms with Crippen LogP contribution in [0.4, 0.5) is 26.3 Å². The highest BCUT2D eigenvalue weighted by atomic mass is 35.5. The van der Waals surface area contributed by atoms with Crippen LogP contribution in [0.1, 0.15) is 24.1 Å². The Morgan fingerprint density at radius 2 is 1.84 bits per heavy atom. The molecular weight excluding hydrogens is 372 g/mol. The van der Waals surface area contributed by atoms with Crippen molar-refractivity contribution in [1.29, 1.82) is 0 Å². The molecule has 1 aromatic heterocycles. The summed E-state index contributed by atoms with van der Waals surface area (Å²) >= 11 is 5.81. The van der Waals surface area contributed by atoms with Crippen LogP contribution in [0.25, 0.3) is 0 Å². The Balaban J connectivity index is 1.87. The zero-order valence-electron chi connectivity index (χ0n) is 13.2. The van der Waals surface area contributed by atoms with E-state index in [-0.39, 0.29) is 11.6 Å². The van der Waals surface area contributed by atoms with Gasteiger partial charge in [0, 0.05) is 26.0 Å². The predicted molar refractivity (Wildman–Crippen MR) is 80.6 cm³/mol. The highest BCUT2D eigenvalue weighted by Crippen LogP contribution is 2.32. The van der Waals surface area contributed by atoms with Crippen LogP contribution in [-0.4, -0.2) is 40.8 Å². The van der Waals surface area contributed by atoms with Gasteiger partial charge in [0.05, 0.1) is 16.3 Å². The summed E-state index contributed by atoms with van der Waals surface area (Å²) in [7, 11) is 1.52. The summed E-state index contributed by atoms with van der Waals surface area (Å²) in [5, 5.41) is 2.46. The van der Waals surface area contributed by atoms with Gasteiger partial charge in [-0.05, 0) is 31.4 Å². The second kappa shape index (κ2) is 7.41. The minimum atomic E-state index is -4.52. The Labute approximate surface area is 145 Å². The molecule has 0 amide bonds. The van der Waals surface area contributed by atoms with Crippen molar-refractivity contribution in [2.24, 2.45) is 0 Å². The normalized spacial score (nSPS) is 19.0. The highest BCUT2D eigenvalue weighted by molar-refractivity contribution is 6.31. The van der Waals surface area contributed by atoms with Gasteiger partial charge in [-0.1, -0.05) is 11.6 Å². The molecule has 25 heavy (non-hydrogen) atoms. The first-order valence-corrected chi connectivity index (χ1v) is 7.84. The standard InChI is InChI=1S/C15H16ClF6N3/c1-24-7-5-13(15(20,21)22)25(24)6-3-2-4-12-11(16)8-10(9-23-12)14(17,18)19/h5,7-9,13H,2-4,6H2,1H3. The van der Waals surface area contributed by atoms with Crippen molar-refractivity contribution in [1.82, 2.24) is 15.0 Å². The summed E-state index contributed by atoms with van der Waals surface area (Å²) in [6.07, 6.45) is -4.59. The van der Waals surface area contributed by atoms with E-state index in [4.69, 9.17) is 11.6 Å². The van der Waals surface area contributed by atoms with Crippen LogP contribution in [0.2, 0.25) is 5.02 Å². The smallest absolute Gasteiger partial charge is 0.316 e. The zero-order valence-corrected chi connectivity index (χ0v) is 14.0. The molecule has 3 nitrogen and oxygen atoms in total. The summed E-state index contributed by atoms with van der Waals surface area (Å²) in [6, 6.07) is -0.854. The third-order valence-electron chi connectivity index (χ3n) is 3.84. The molecule has 0 spiro atoms. The minimum Gasteiger partial charge on any atom is -0.316 e. The maximum Gasteiger partial charge on any atom is 0.417 e. The topological polar surface area (TPSA) is 19.4 Å². The van der Waals surface area contributed by atoms with Crippen molar-refractivity contribution in [3.8, 4) is 0 Å². The molecule has 0 bridgehead atoms. The van der Waals surface area contributed by atoms with Crippen LogP contribution in [0.5, 0.6) is 0 Å². The number of aromatic nitrogens is 1. The molecule has 0 aromatic carbocycles. The van der Waals surface area contributed by atoms with Crippen LogP contribution < -0.4 is 0 Å². The van der Waals surface area contributed by atoms with Crippen LogP contribution in [-0.2, 0) is 12.6 Å². The van der Waals surface area contributed by atoms with Gasteiger partial charge in [0.25, 0.3) is 0 Å². The van der Waals surface area contributed by atoms with Crippen molar-refractivity contribution in [3.05, 3.63) is 40.8 Å². The molecule has 140 valence electrons. The number of rotatable bonds is 5. The van der Waals surface area contributed by atoms with Crippen molar-refractivity contribution in [3.63, 3.8) is 0 Å². The largest absolute Gasteiger partial charge is 0.417 e. The first kappa shape index (κ1) is 19.8. The Hall–Kier alpha value is -1.48. The predicted octanol–water partition coefficient (Wildman–Crippen LogP) is 4.68. The van der Waals surface area contributed by atoms with E-state index >= 15 is 0 Å². The quantitative estimate of drug-likeness (QED) is 0.540. The molecule has 1 aliphatic heterocycles. The van der Waals surface area contributed by atoms with Crippen molar-refractivity contribution >= 4 is 11.6 Å². The average Bonchev–Trinajstić information content (AvgIpc) is 2.85. The van der Waals surface area contributed by atoms with Gasteiger partial charge in [-0.25, -0.2) is 5.01 Å². The molecule has 1 unspecified atom stereocenters. The number of hydrazine groups is 1. The molecule has 1 aromatic rings. The summed E-state index contributed by atoms with van der Waals surface area (Å²) in [5.41, 5.74) is -0.631. The zero-order chi connectivity index (χ0) is 18.8. The van der Waals surface area contributed by atoms with Gasteiger partial charge in [-0.2, -0.15) is 26.3 Å². The summed E-state index contributed by atoms with van der Waals surface area (Å²) < 4.78 is 76.3. The van der Waals surface area contributed by atoms with E-state index in [2.05, 4.69) is 4.98 Å². The Kier molecular flexibility index (Phi) is 5.88. The second-order valence-electron chi connectivity index (χ2n) is 5.67. The summed E-state index contributed by atoms with van der Waals surface area (Å²) in [4.78, 5) is 3.71. The molecule has 0 aliphatic carbocycles. The lowest BCUT2D eigenvalue weighted by Gasteiger charge is -2.31. The molecule has 0 radical (unpaired) electrons. The minimum absolute atomic E-state index is 0.0945. The molecule has 1 atom stereocenters. The molecule has 0 saturated heterocycles. The fourth-order valence-corrected chi connectivity index (χ4v) is 2.79. The van der Waals surface area contributed by atoms with E-state index in [1.807, 2.05) is 0 Å². The monoisotopic (exact) mass is 387 g/mol. The third-order valence-corrected chi connectivity index (χ3v) is 4.17. The van der Waals surface area contributed by atoms with E-state index in [1.54, 1.807) is 0 Å². The fourth-order valence-electron chi connectivity index (χ4n) is 2.53. The van der Waals surface area contributed by atoms with E-state index in [0.717, 1.165) is 12.1 Å². The maximum absolute atomic E-state index is 12.9. The first-order valence-electron chi connectivity index (χ1n) is 7.46. The van der Waals surface area contributed by atoms with Gasteiger partial charge in [-0.3, -0.25) is 4.98 Å². The van der Waals surface area contributed by atoms with Gasteiger partial charge in [0.2, 0.25) is 0 Å². The third kappa shape index (κ3) is 5.01. The lowest BCUT2D eigenvalue weighted by molar-refractivity contribution is -0.189. The van der Waals surface area contributed by atoms with Crippen LogP contribution in [0.3, 0.4) is 0 Å². The molecule has 2 heterocycles. The number of hydrogen-bond acceptors (Lipinski definition) is 3. The van der Waals surface area contributed by atoms with Crippen LogP contribution in [0.15, 0.2) is 24.5 Å². The van der Waals surface area contributed by atoms with Gasteiger partial charge < -0.3 is 5.01 Å². The SMILES string of the molecule is CN1C=CC(C(F)(F)F)N1CCCCc1ncc(C(F)(F)F)cc1Cl. The van der Waals surface area contributed by atoms with Crippen LogP contribution in [0, 0.1) is 0 Å². The Bertz CT molecular complexity index is 629. The summed E-state index contributed by atoms with van der Waals surface area (Å²) in [5.74, 6) is 0. The molecule has 0 saturated carbocycles. The van der Waals surface area contributed by atoms with Gasteiger partial charge in [0.1, 0.15) is 6.04 Å². The maximum atomic E-state index is 12.9. The number of pyridine rings is 1. The molecule has 0 N–H and O–H groups in total. The molecule has 10 heteroatoms. The van der Waals surface area contributed by atoms with E-state index < -0.39 is 24.0 Å². The average molecular weight is 388 g/mol. The lowest BCUT2D eigenvalue weighted by Crippen LogP contribution is -2.47. The fraction of sp³-hybridized carbons (Fsp3) is 0.533. The van der Waals surface area contributed by atoms with Gasteiger partial charge in [0.15, 0.2) is 0 Å². The van der Waals surface area contributed by atoms with E-state index in [1.165, 1.54) is 23.3 Å². The number of hydrogen-bond donors (Lipinski definition) is 0. The molecule has 2 rings (SSSR count). The Morgan fingerprint density at radius 3 is 2.40 bits per heavy atom. The summed E-state index contributed by atoms with van der Waals surface area (Å²) in [6.45, 7) is 0.159. The van der Waals surface area contributed by atoms with Crippen LogP contribution >= 0.6 is 11.6 Å². The van der Waals surface area contributed by atoms with E-state index in [0.29, 0.717) is 31.2 Å². The van der Waals surface area contributed by atoms with Crippen molar-refractivity contribution in [2.45, 2.75) is 37.7 Å². The molecular formula is C15H16ClF6N3. The first-order chi connectivity index (χ1) is 11.5. The number of nitrogens with zero attached hydrogens (tertiary/aromatic N) is 3. The van der Waals surface area contributed by atoms with Crippen molar-refractivity contribution < 1.29 is 26.3 Å². The number of unbranched alkanes of at least 4 members (excludes halogenated alkanes) is 1. The van der Waals surface area contributed by atoms with E-state index in [9.17, 15) is 26.3 Å². The molecule has 0 fully saturated rings. The second-order valence-corrected chi connectivity index (χ2v) is 6.08. The Morgan fingerprint density at radius 1 is 1.16 bits per heavy atom. The number of alkyl halides is 6. The van der Waals surface area contributed by atoms with Crippen molar-refractivity contribution in [2.75, 3.05) is 13.6 Å². The van der Waals surface area contributed by atoms with Gasteiger partial charge >= 0.3 is 12.4 Å². The highest BCUT2D eigenvalue weighted by Gasteiger charge is 2.45.